The molecule has 0 saturated carbocycles. The van der Waals surface area contributed by atoms with Crippen molar-refractivity contribution in [3.05, 3.63) is 59.9 Å². The van der Waals surface area contributed by atoms with E-state index >= 15 is 0 Å². The number of rotatable bonds is 3. The molecule has 0 amide bonds. The van der Waals surface area contributed by atoms with E-state index in [9.17, 15) is 8.42 Å². The van der Waals surface area contributed by atoms with Crippen LogP contribution in [-0.2, 0) is 10.0 Å². The molecule has 0 spiro atoms. The molecule has 21 heavy (non-hydrogen) atoms. The highest BCUT2D eigenvalue weighted by Crippen LogP contribution is 2.24. The van der Waals surface area contributed by atoms with Gasteiger partial charge in [0.05, 0.1) is 4.90 Å². The molecule has 3 rings (SSSR count). The lowest BCUT2D eigenvalue weighted by Gasteiger charge is -2.08. The van der Waals surface area contributed by atoms with Gasteiger partial charge in [-0.1, -0.05) is 17.7 Å². The Balaban J connectivity index is 1.94. The average Bonchev–Trinajstić information content (AvgIpc) is 2.78. The van der Waals surface area contributed by atoms with Gasteiger partial charge < -0.3 is 4.42 Å². The highest BCUT2D eigenvalue weighted by Gasteiger charge is 2.14. The predicted molar refractivity (Wildman–Crippen MR) is 82.9 cm³/mol. The molecule has 108 valence electrons. The second kappa shape index (κ2) is 4.93. The third-order valence-electron chi connectivity index (χ3n) is 3.22. The van der Waals surface area contributed by atoms with E-state index in [1.165, 1.54) is 0 Å². The molecule has 1 aromatic heterocycles. The minimum Gasteiger partial charge on any atom is -0.461 e. The lowest BCUT2D eigenvalue weighted by Crippen LogP contribution is -2.12. The maximum absolute atomic E-state index is 12.3. The molecule has 0 unspecified atom stereocenters. The second-order valence-corrected chi connectivity index (χ2v) is 6.71. The van der Waals surface area contributed by atoms with Crippen molar-refractivity contribution in [2.45, 2.75) is 18.7 Å². The van der Waals surface area contributed by atoms with Gasteiger partial charge in [0.15, 0.2) is 0 Å². The summed E-state index contributed by atoms with van der Waals surface area (Å²) in [5.41, 5.74) is 2.28. The molecule has 0 aliphatic heterocycles. The molecular weight excluding hydrogens is 286 g/mol. The van der Waals surface area contributed by atoms with Crippen LogP contribution in [-0.4, -0.2) is 8.42 Å². The third-order valence-corrected chi connectivity index (χ3v) is 4.62. The zero-order chi connectivity index (χ0) is 15.0. The van der Waals surface area contributed by atoms with Crippen molar-refractivity contribution in [2.75, 3.05) is 4.72 Å². The third kappa shape index (κ3) is 2.78. The van der Waals surface area contributed by atoms with Crippen molar-refractivity contribution >= 4 is 26.7 Å². The van der Waals surface area contributed by atoms with Gasteiger partial charge in [0.2, 0.25) is 0 Å². The highest BCUT2D eigenvalue weighted by molar-refractivity contribution is 7.92. The first kappa shape index (κ1) is 13.7. The van der Waals surface area contributed by atoms with Gasteiger partial charge in [-0.3, -0.25) is 4.72 Å². The Hall–Kier alpha value is -2.27. The minimum atomic E-state index is -3.57. The van der Waals surface area contributed by atoms with Crippen molar-refractivity contribution in [3.63, 3.8) is 0 Å². The number of sulfonamides is 1. The summed E-state index contributed by atoms with van der Waals surface area (Å²) in [6, 6.07) is 13.8. The van der Waals surface area contributed by atoms with Gasteiger partial charge in [-0.2, -0.15) is 0 Å². The van der Waals surface area contributed by atoms with Crippen molar-refractivity contribution in [2.24, 2.45) is 0 Å². The predicted octanol–water partition coefficient (Wildman–Crippen LogP) is 3.85. The van der Waals surface area contributed by atoms with Crippen LogP contribution < -0.4 is 4.72 Å². The number of anilines is 1. The molecule has 1 N–H and O–H groups in total. The smallest absolute Gasteiger partial charge is 0.261 e. The molecule has 0 atom stereocenters. The Morgan fingerprint density at radius 2 is 1.67 bits per heavy atom. The van der Waals surface area contributed by atoms with E-state index in [1.54, 1.807) is 42.5 Å². The van der Waals surface area contributed by atoms with Crippen LogP contribution in [0.5, 0.6) is 0 Å². The Bertz CT molecular complexity index is 893. The molecule has 0 saturated heterocycles. The first-order valence-corrected chi connectivity index (χ1v) is 8.02. The number of fused-ring (bicyclic) bond motifs is 1. The standard InChI is InChI=1S/C16H15NO3S/c1-11-3-6-15(7-4-11)21(18,19)17-14-5-8-16-13(10-14)9-12(2)20-16/h3-10,17H,1-2H3. The van der Waals surface area contributed by atoms with Crippen LogP contribution in [0.3, 0.4) is 0 Å². The van der Waals surface area contributed by atoms with Crippen LogP contribution in [0.4, 0.5) is 5.69 Å². The summed E-state index contributed by atoms with van der Waals surface area (Å²) in [5, 5.41) is 0.872. The van der Waals surface area contributed by atoms with Gasteiger partial charge in [-0.25, -0.2) is 8.42 Å². The zero-order valence-electron chi connectivity index (χ0n) is 11.8. The molecule has 0 aliphatic carbocycles. The van der Waals surface area contributed by atoms with Gasteiger partial charge >= 0.3 is 0 Å². The second-order valence-electron chi connectivity index (χ2n) is 5.03. The zero-order valence-corrected chi connectivity index (χ0v) is 12.6. The number of furan rings is 1. The van der Waals surface area contributed by atoms with Crippen LogP contribution in [0.1, 0.15) is 11.3 Å². The van der Waals surface area contributed by atoms with E-state index in [4.69, 9.17) is 4.42 Å². The van der Waals surface area contributed by atoms with Gasteiger partial charge in [0.25, 0.3) is 10.0 Å². The topological polar surface area (TPSA) is 59.3 Å². The van der Waals surface area contributed by atoms with Crippen LogP contribution >= 0.6 is 0 Å². The molecule has 2 aromatic carbocycles. The van der Waals surface area contributed by atoms with Gasteiger partial charge in [-0.15, -0.1) is 0 Å². The summed E-state index contributed by atoms with van der Waals surface area (Å²) in [4.78, 5) is 0.247. The number of benzene rings is 2. The summed E-state index contributed by atoms with van der Waals surface area (Å²) in [5.74, 6) is 0.795. The SMILES string of the molecule is Cc1ccc(S(=O)(=O)Nc2ccc3oc(C)cc3c2)cc1. The van der Waals surface area contributed by atoms with E-state index in [-0.39, 0.29) is 4.90 Å². The van der Waals surface area contributed by atoms with E-state index in [0.717, 1.165) is 22.3 Å². The number of hydrogen-bond donors (Lipinski definition) is 1. The largest absolute Gasteiger partial charge is 0.461 e. The van der Waals surface area contributed by atoms with Crippen molar-refractivity contribution < 1.29 is 12.8 Å². The molecule has 4 nitrogen and oxygen atoms in total. The molecule has 0 radical (unpaired) electrons. The van der Waals surface area contributed by atoms with Gasteiger partial charge in [0, 0.05) is 11.1 Å². The molecule has 3 aromatic rings. The minimum absolute atomic E-state index is 0.247. The van der Waals surface area contributed by atoms with Gasteiger partial charge in [0.1, 0.15) is 11.3 Å². The van der Waals surface area contributed by atoms with E-state index in [2.05, 4.69) is 4.72 Å². The van der Waals surface area contributed by atoms with E-state index in [1.807, 2.05) is 19.9 Å². The molecular formula is C16H15NO3S. The summed E-state index contributed by atoms with van der Waals surface area (Å²) < 4.78 is 32.7. The Labute approximate surface area is 123 Å². The fraction of sp³-hybridized carbons (Fsp3) is 0.125. The number of aryl methyl sites for hydroxylation is 2. The Kier molecular flexibility index (Phi) is 3.22. The van der Waals surface area contributed by atoms with Crippen LogP contribution in [0, 0.1) is 13.8 Å². The molecule has 1 heterocycles. The lowest BCUT2D eigenvalue weighted by molar-refractivity contribution is 0.578. The molecule has 0 bridgehead atoms. The Morgan fingerprint density at radius 3 is 2.38 bits per heavy atom. The number of hydrogen-bond acceptors (Lipinski definition) is 3. The first-order chi connectivity index (χ1) is 9.94. The van der Waals surface area contributed by atoms with Crippen LogP contribution in [0.25, 0.3) is 11.0 Å². The molecule has 5 heteroatoms. The summed E-state index contributed by atoms with van der Waals surface area (Å²) >= 11 is 0. The number of nitrogens with one attached hydrogen (secondary N) is 1. The van der Waals surface area contributed by atoms with Crippen LogP contribution in [0.15, 0.2) is 57.8 Å². The lowest BCUT2D eigenvalue weighted by atomic mass is 10.2. The monoisotopic (exact) mass is 301 g/mol. The van der Waals surface area contributed by atoms with E-state index in [0.29, 0.717) is 5.69 Å². The Morgan fingerprint density at radius 1 is 0.952 bits per heavy atom. The fourth-order valence-corrected chi connectivity index (χ4v) is 3.22. The quantitative estimate of drug-likeness (QED) is 0.799. The summed E-state index contributed by atoms with van der Waals surface area (Å²) in [6.07, 6.45) is 0. The average molecular weight is 301 g/mol. The maximum Gasteiger partial charge on any atom is 0.261 e. The van der Waals surface area contributed by atoms with Crippen molar-refractivity contribution in [1.29, 1.82) is 0 Å². The van der Waals surface area contributed by atoms with Crippen molar-refractivity contribution in [1.82, 2.24) is 0 Å². The van der Waals surface area contributed by atoms with Crippen molar-refractivity contribution in [3.8, 4) is 0 Å². The first-order valence-electron chi connectivity index (χ1n) is 6.54. The summed E-state index contributed by atoms with van der Waals surface area (Å²) in [7, 11) is -3.57. The van der Waals surface area contributed by atoms with E-state index < -0.39 is 10.0 Å². The maximum atomic E-state index is 12.3. The highest BCUT2D eigenvalue weighted by atomic mass is 32.2. The van der Waals surface area contributed by atoms with Crippen LogP contribution in [0.2, 0.25) is 0 Å². The summed E-state index contributed by atoms with van der Waals surface area (Å²) in [6.45, 7) is 3.77. The van der Waals surface area contributed by atoms with Gasteiger partial charge in [-0.05, 0) is 50.2 Å². The molecule has 0 aliphatic rings. The fourth-order valence-electron chi connectivity index (χ4n) is 2.17. The molecule has 0 fully saturated rings. The normalized spacial score (nSPS) is 11.7.